The van der Waals surface area contributed by atoms with E-state index in [4.69, 9.17) is 14.2 Å². The third-order valence-corrected chi connectivity index (χ3v) is 7.29. The van der Waals surface area contributed by atoms with Crippen LogP contribution in [0, 0.1) is 0 Å². The van der Waals surface area contributed by atoms with E-state index in [1.165, 1.54) is 23.5 Å². The first-order valence-electron chi connectivity index (χ1n) is 10.8. The zero-order chi connectivity index (χ0) is 24.0. The molecule has 9 heteroatoms. The van der Waals surface area contributed by atoms with Gasteiger partial charge in [-0.3, -0.25) is 4.79 Å². The SMILES string of the molecule is COc1ccc(NC(=O)c2ccc(COc3ccccc3)cc2)cc1S(=O)(=O)N1CCOCC1. The number of sulfonamides is 1. The summed E-state index contributed by atoms with van der Waals surface area (Å²) < 4.78 is 43.9. The van der Waals surface area contributed by atoms with Crippen molar-refractivity contribution >= 4 is 21.6 Å². The van der Waals surface area contributed by atoms with Gasteiger partial charge in [0.25, 0.3) is 5.91 Å². The monoisotopic (exact) mass is 482 g/mol. The molecule has 8 nitrogen and oxygen atoms in total. The number of benzene rings is 3. The summed E-state index contributed by atoms with van der Waals surface area (Å²) in [5.41, 5.74) is 1.72. The smallest absolute Gasteiger partial charge is 0.255 e. The van der Waals surface area contributed by atoms with Crippen molar-refractivity contribution in [3.63, 3.8) is 0 Å². The van der Waals surface area contributed by atoms with Crippen molar-refractivity contribution in [2.45, 2.75) is 11.5 Å². The van der Waals surface area contributed by atoms with Crippen molar-refractivity contribution in [2.75, 3.05) is 38.7 Å². The molecule has 0 atom stereocenters. The number of para-hydroxylation sites is 1. The number of nitrogens with zero attached hydrogens (tertiary/aromatic N) is 1. The van der Waals surface area contributed by atoms with E-state index in [0.29, 0.717) is 31.1 Å². The Kier molecular flexibility index (Phi) is 7.46. The average molecular weight is 483 g/mol. The van der Waals surface area contributed by atoms with Gasteiger partial charge in [0.1, 0.15) is 23.0 Å². The van der Waals surface area contributed by atoms with Gasteiger partial charge in [-0.1, -0.05) is 30.3 Å². The number of ether oxygens (including phenoxy) is 3. The van der Waals surface area contributed by atoms with Gasteiger partial charge in [0.05, 0.1) is 20.3 Å². The van der Waals surface area contributed by atoms with Crippen LogP contribution < -0.4 is 14.8 Å². The Hall–Kier alpha value is -3.40. The lowest BCUT2D eigenvalue weighted by Crippen LogP contribution is -2.40. The highest BCUT2D eigenvalue weighted by Crippen LogP contribution is 2.30. The standard InChI is InChI=1S/C25H26N2O6S/c1-31-23-12-11-21(17-24(23)34(29,30)27-13-15-32-16-14-27)26-25(28)20-9-7-19(8-10-20)18-33-22-5-3-2-4-6-22/h2-12,17H,13-16,18H2,1H3,(H,26,28). The number of hydrogen-bond acceptors (Lipinski definition) is 6. The quantitative estimate of drug-likeness (QED) is 0.528. The largest absolute Gasteiger partial charge is 0.495 e. The Morgan fingerprint density at radius 1 is 1.00 bits per heavy atom. The summed E-state index contributed by atoms with van der Waals surface area (Å²) in [6.07, 6.45) is 0. The minimum Gasteiger partial charge on any atom is -0.495 e. The fourth-order valence-electron chi connectivity index (χ4n) is 3.52. The van der Waals surface area contributed by atoms with Crippen LogP contribution in [0.5, 0.6) is 11.5 Å². The summed E-state index contributed by atoms with van der Waals surface area (Å²) in [6.45, 7) is 1.59. The van der Waals surface area contributed by atoms with Crippen LogP contribution in [0.1, 0.15) is 15.9 Å². The summed E-state index contributed by atoms with van der Waals surface area (Å²) in [6, 6.07) is 21.1. The molecule has 3 aromatic carbocycles. The molecular formula is C25H26N2O6S. The van der Waals surface area contributed by atoms with Crippen LogP contribution in [0.25, 0.3) is 0 Å². The number of carbonyl (C=O) groups excluding carboxylic acids is 1. The van der Waals surface area contributed by atoms with Gasteiger partial charge in [0, 0.05) is 24.3 Å². The van der Waals surface area contributed by atoms with Crippen molar-refractivity contribution in [1.82, 2.24) is 4.31 Å². The number of carbonyl (C=O) groups is 1. The van der Waals surface area contributed by atoms with Crippen LogP contribution in [-0.2, 0) is 21.4 Å². The molecule has 0 aliphatic carbocycles. The maximum atomic E-state index is 13.1. The van der Waals surface area contributed by atoms with Gasteiger partial charge < -0.3 is 19.5 Å². The van der Waals surface area contributed by atoms with Crippen molar-refractivity contribution in [1.29, 1.82) is 0 Å². The summed E-state index contributed by atoms with van der Waals surface area (Å²) in [7, 11) is -2.39. The second-order valence-electron chi connectivity index (χ2n) is 7.63. The fraction of sp³-hybridized carbons (Fsp3) is 0.240. The molecular weight excluding hydrogens is 456 g/mol. The summed E-state index contributed by atoms with van der Waals surface area (Å²) >= 11 is 0. The topological polar surface area (TPSA) is 94.2 Å². The number of hydrogen-bond donors (Lipinski definition) is 1. The second kappa shape index (κ2) is 10.7. The van der Waals surface area contributed by atoms with Crippen molar-refractivity contribution < 1.29 is 27.4 Å². The van der Waals surface area contributed by atoms with E-state index in [-0.39, 0.29) is 29.6 Å². The van der Waals surface area contributed by atoms with E-state index in [1.54, 1.807) is 18.2 Å². The summed E-state index contributed by atoms with van der Waals surface area (Å²) in [5, 5.41) is 2.77. The van der Waals surface area contributed by atoms with Gasteiger partial charge in [-0.15, -0.1) is 0 Å². The van der Waals surface area contributed by atoms with Crippen LogP contribution in [-0.4, -0.2) is 52.0 Å². The Morgan fingerprint density at radius 2 is 1.71 bits per heavy atom. The van der Waals surface area contributed by atoms with Crippen molar-refractivity contribution in [3.05, 3.63) is 83.9 Å². The molecule has 1 heterocycles. The molecule has 0 saturated carbocycles. The van der Waals surface area contributed by atoms with Crippen LogP contribution >= 0.6 is 0 Å². The van der Waals surface area contributed by atoms with E-state index in [9.17, 15) is 13.2 Å². The first-order chi connectivity index (χ1) is 16.5. The fourth-order valence-corrected chi connectivity index (χ4v) is 5.11. The lowest BCUT2D eigenvalue weighted by atomic mass is 10.1. The zero-order valence-corrected chi connectivity index (χ0v) is 19.6. The number of anilines is 1. The molecule has 1 fully saturated rings. The molecule has 3 aromatic rings. The van der Waals surface area contributed by atoms with Crippen molar-refractivity contribution in [3.8, 4) is 11.5 Å². The van der Waals surface area contributed by atoms with Crippen LogP contribution in [0.2, 0.25) is 0 Å². The normalized spacial score (nSPS) is 14.4. The maximum Gasteiger partial charge on any atom is 0.255 e. The number of methoxy groups -OCH3 is 1. The lowest BCUT2D eigenvalue weighted by molar-refractivity contribution is 0.0729. The second-order valence-corrected chi connectivity index (χ2v) is 9.54. The van der Waals surface area contributed by atoms with E-state index in [1.807, 2.05) is 42.5 Å². The molecule has 4 rings (SSSR count). The molecule has 178 valence electrons. The highest BCUT2D eigenvalue weighted by Gasteiger charge is 2.29. The predicted molar refractivity (Wildman–Crippen MR) is 128 cm³/mol. The molecule has 1 aliphatic heterocycles. The first-order valence-corrected chi connectivity index (χ1v) is 12.3. The Bertz CT molecular complexity index is 1220. The van der Waals surface area contributed by atoms with Crippen molar-refractivity contribution in [2.24, 2.45) is 0 Å². The molecule has 1 amide bonds. The average Bonchev–Trinajstić information content (AvgIpc) is 2.89. The Morgan fingerprint density at radius 3 is 2.38 bits per heavy atom. The van der Waals surface area contributed by atoms with Gasteiger partial charge >= 0.3 is 0 Å². The zero-order valence-electron chi connectivity index (χ0n) is 18.8. The molecule has 34 heavy (non-hydrogen) atoms. The van der Waals surface area contributed by atoms with Gasteiger partial charge in [0.15, 0.2) is 0 Å². The van der Waals surface area contributed by atoms with Gasteiger partial charge in [-0.2, -0.15) is 4.31 Å². The number of rotatable bonds is 8. The summed E-state index contributed by atoms with van der Waals surface area (Å²) in [4.78, 5) is 12.8. The molecule has 1 N–H and O–H groups in total. The number of morpholine rings is 1. The van der Waals surface area contributed by atoms with Gasteiger partial charge in [-0.25, -0.2) is 8.42 Å². The predicted octanol–water partition coefficient (Wildman–Crippen LogP) is 3.55. The minimum atomic E-state index is -3.80. The third-order valence-electron chi connectivity index (χ3n) is 5.37. The summed E-state index contributed by atoms with van der Waals surface area (Å²) in [5.74, 6) is 0.634. The Balaban J connectivity index is 1.46. The molecule has 0 aromatic heterocycles. The van der Waals surface area contributed by atoms with Gasteiger partial charge in [0.2, 0.25) is 10.0 Å². The first kappa shape index (κ1) is 23.7. The highest BCUT2D eigenvalue weighted by molar-refractivity contribution is 7.89. The van der Waals surface area contributed by atoms with Crippen LogP contribution in [0.15, 0.2) is 77.7 Å². The molecule has 0 bridgehead atoms. The molecule has 0 unspecified atom stereocenters. The van der Waals surface area contributed by atoms with Gasteiger partial charge in [-0.05, 0) is 48.0 Å². The highest BCUT2D eigenvalue weighted by atomic mass is 32.2. The van der Waals surface area contributed by atoms with E-state index in [0.717, 1.165) is 11.3 Å². The van der Waals surface area contributed by atoms with Crippen LogP contribution in [0.4, 0.5) is 5.69 Å². The molecule has 0 radical (unpaired) electrons. The third kappa shape index (κ3) is 5.56. The number of amides is 1. The number of nitrogens with one attached hydrogen (secondary N) is 1. The maximum absolute atomic E-state index is 13.1. The van der Waals surface area contributed by atoms with E-state index < -0.39 is 10.0 Å². The minimum absolute atomic E-state index is 0.00288. The van der Waals surface area contributed by atoms with E-state index in [2.05, 4.69) is 5.32 Å². The van der Waals surface area contributed by atoms with Crippen LogP contribution in [0.3, 0.4) is 0 Å². The Labute approximate surface area is 199 Å². The molecule has 0 spiro atoms. The molecule has 1 saturated heterocycles. The molecule has 1 aliphatic rings. The lowest BCUT2D eigenvalue weighted by Gasteiger charge is -2.26. The van der Waals surface area contributed by atoms with E-state index >= 15 is 0 Å².